The number of ether oxygens (including phenoxy) is 1. The van der Waals surface area contributed by atoms with Gasteiger partial charge in [-0.15, -0.1) is 0 Å². The van der Waals surface area contributed by atoms with Crippen LogP contribution in [-0.4, -0.2) is 42.0 Å². The van der Waals surface area contributed by atoms with Gasteiger partial charge in [0.25, 0.3) is 0 Å². The van der Waals surface area contributed by atoms with E-state index in [1.165, 1.54) is 4.31 Å². The van der Waals surface area contributed by atoms with E-state index >= 15 is 0 Å². The molecule has 2 aromatic carbocycles. The van der Waals surface area contributed by atoms with Gasteiger partial charge in [0.2, 0.25) is 10.0 Å². The van der Waals surface area contributed by atoms with Crippen molar-refractivity contribution in [1.82, 2.24) is 4.31 Å². The first-order chi connectivity index (χ1) is 15.9. The van der Waals surface area contributed by atoms with Crippen LogP contribution in [-0.2, 0) is 19.6 Å². The molecule has 8 heteroatoms. The normalized spacial score (nSPS) is 23.6. The van der Waals surface area contributed by atoms with Crippen LogP contribution >= 0.6 is 11.6 Å². The van der Waals surface area contributed by atoms with Crippen molar-refractivity contribution in [2.75, 3.05) is 6.54 Å². The third-order valence-electron chi connectivity index (χ3n) is 6.47. The summed E-state index contributed by atoms with van der Waals surface area (Å²) in [4.78, 5) is 13.4. The first-order valence-corrected chi connectivity index (χ1v) is 13.2. The number of halogens is 1. The lowest BCUT2D eigenvalue weighted by molar-refractivity contribution is -0.150. The third kappa shape index (κ3) is 4.74. The zero-order valence-corrected chi connectivity index (χ0v) is 21.4. The maximum absolute atomic E-state index is 13.5. The fraction of sp³-hybridized carbons (Fsp3) is 0.423. The highest BCUT2D eigenvalue weighted by Gasteiger charge is 2.50. The highest BCUT2D eigenvalue weighted by atomic mass is 35.5. The summed E-state index contributed by atoms with van der Waals surface area (Å²) in [6.45, 7) is 7.50. The molecule has 3 atom stereocenters. The molecule has 0 saturated carbocycles. The maximum atomic E-state index is 13.5. The number of hydrogen-bond acceptors (Lipinski definition) is 5. The molecular formula is C26H30ClNO5S. The number of sulfonamides is 1. The SMILES string of the molecule is Cc1ccc(S(=O)(=O)N2CC[C@@H]3C(O)=C(C(=O)OC(C)(C)C)[C@@H](c4ccc(Cl)cc4)C[C@@H]32)cc1. The van der Waals surface area contributed by atoms with Crippen LogP contribution in [0.25, 0.3) is 0 Å². The van der Waals surface area contributed by atoms with Gasteiger partial charge in [-0.05, 0) is 70.4 Å². The van der Waals surface area contributed by atoms with E-state index in [4.69, 9.17) is 16.3 Å². The van der Waals surface area contributed by atoms with Gasteiger partial charge >= 0.3 is 5.97 Å². The van der Waals surface area contributed by atoms with E-state index in [-0.39, 0.29) is 22.8 Å². The van der Waals surface area contributed by atoms with E-state index < -0.39 is 39.5 Å². The van der Waals surface area contributed by atoms with E-state index in [9.17, 15) is 18.3 Å². The number of rotatable bonds is 4. The van der Waals surface area contributed by atoms with Crippen molar-refractivity contribution in [3.63, 3.8) is 0 Å². The van der Waals surface area contributed by atoms with Crippen molar-refractivity contribution in [3.8, 4) is 0 Å². The number of nitrogens with zero attached hydrogens (tertiary/aromatic N) is 1. The molecule has 1 aliphatic carbocycles. The summed E-state index contributed by atoms with van der Waals surface area (Å²) in [6, 6.07) is 13.4. The van der Waals surface area contributed by atoms with Gasteiger partial charge < -0.3 is 9.84 Å². The van der Waals surface area contributed by atoms with Crippen LogP contribution in [0.5, 0.6) is 0 Å². The fourth-order valence-electron chi connectivity index (χ4n) is 4.89. The summed E-state index contributed by atoms with van der Waals surface area (Å²) < 4.78 is 34.1. The van der Waals surface area contributed by atoms with Gasteiger partial charge in [0.15, 0.2) is 0 Å². The number of fused-ring (bicyclic) bond motifs is 1. The molecule has 1 saturated heterocycles. The number of carbonyl (C=O) groups is 1. The molecule has 182 valence electrons. The van der Waals surface area contributed by atoms with E-state index in [1.807, 2.05) is 6.92 Å². The molecule has 4 rings (SSSR count). The van der Waals surface area contributed by atoms with Gasteiger partial charge in [-0.1, -0.05) is 41.4 Å². The summed E-state index contributed by atoms with van der Waals surface area (Å²) in [5, 5.41) is 11.9. The fourth-order valence-corrected chi connectivity index (χ4v) is 6.70. The molecule has 6 nitrogen and oxygen atoms in total. The first kappa shape index (κ1) is 24.8. The molecule has 0 amide bonds. The van der Waals surface area contributed by atoms with E-state index in [0.29, 0.717) is 17.9 Å². The number of benzene rings is 2. The lowest BCUT2D eigenvalue weighted by atomic mass is 9.75. The van der Waals surface area contributed by atoms with Crippen LogP contribution in [0.1, 0.15) is 50.7 Å². The molecule has 0 aromatic heterocycles. The Morgan fingerprint density at radius 3 is 2.29 bits per heavy atom. The number of carbonyl (C=O) groups excluding carboxylic acids is 1. The smallest absolute Gasteiger partial charge is 0.338 e. The highest BCUT2D eigenvalue weighted by molar-refractivity contribution is 7.89. The molecule has 1 aliphatic heterocycles. The zero-order valence-electron chi connectivity index (χ0n) is 19.8. The van der Waals surface area contributed by atoms with E-state index in [1.54, 1.807) is 69.3 Å². The Hall–Kier alpha value is -2.35. The van der Waals surface area contributed by atoms with Crippen molar-refractivity contribution in [2.24, 2.45) is 5.92 Å². The predicted octanol–water partition coefficient (Wildman–Crippen LogP) is 5.37. The van der Waals surface area contributed by atoms with Gasteiger partial charge in [0.05, 0.1) is 10.5 Å². The molecule has 0 unspecified atom stereocenters. The number of hydrogen-bond donors (Lipinski definition) is 1. The zero-order chi connectivity index (χ0) is 24.8. The Morgan fingerprint density at radius 2 is 1.71 bits per heavy atom. The standard InChI is InChI=1S/C26H30ClNO5S/c1-16-5-11-19(12-6-16)34(31,32)28-14-13-20-22(28)15-21(17-7-9-18(27)10-8-17)23(24(20)29)25(30)33-26(2,3)4/h5-12,20-22,29H,13-15H2,1-4H3/t20-,21+,22-/m0/s1. The molecule has 0 spiro atoms. The summed E-state index contributed by atoms with van der Waals surface area (Å²) in [6.07, 6.45) is 0.789. The minimum Gasteiger partial charge on any atom is -0.511 e. The van der Waals surface area contributed by atoms with Crippen molar-refractivity contribution >= 4 is 27.6 Å². The molecule has 0 radical (unpaired) electrons. The number of aliphatic hydroxyl groups is 1. The maximum Gasteiger partial charge on any atom is 0.338 e. The largest absolute Gasteiger partial charge is 0.511 e. The summed E-state index contributed by atoms with van der Waals surface area (Å²) in [5.74, 6) is -1.65. The molecule has 2 aliphatic rings. The van der Waals surface area contributed by atoms with Crippen molar-refractivity contribution in [3.05, 3.63) is 76.0 Å². The lowest BCUT2D eigenvalue weighted by Crippen LogP contribution is -2.43. The van der Waals surface area contributed by atoms with Crippen LogP contribution in [0.2, 0.25) is 5.02 Å². The van der Waals surface area contributed by atoms with Crippen molar-refractivity contribution < 1.29 is 23.1 Å². The Kier molecular flexibility index (Phi) is 6.57. The number of aryl methyl sites for hydroxylation is 1. The monoisotopic (exact) mass is 503 g/mol. The minimum atomic E-state index is -3.77. The number of aliphatic hydroxyl groups excluding tert-OH is 1. The topological polar surface area (TPSA) is 83.9 Å². The quantitative estimate of drug-likeness (QED) is 0.567. The van der Waals surface area contributed by atoms with Crippen LogP contribution in [0, 0.1) is 12.8 Å². The van der Waals surface area contributed by atoms with Gasteiger partial charge in [-0.3, -0.25) is 0 Å². The summed E-state index contributed by atoms with van der Waals surface area (Å²) in [5.41, 5.74) is 1.21. The van der Waals surface area contributed by atoms with Gasteiger partial charge in [-0.25, -0.2) is 13.2 Å². The second-order valence-corrected chi connectivity index (χ2v) is 12.4. The molecule has 34 heavy (non-hydrogen) atoms. The van der Waals surface area contributed by atoms with Crippen LogP contribution < -0.4 is 0 Å². The van der Waals surface area contributed by atoms with Gasteiger partial charge in [-0.2, -0.15) is 4.31 Å². The molecule has 0 bridgehead atoms. The minimum absolute atomic E-state index is 0.0768. The third-order valence-corrected chi connectivity index (χ3v) is 8.66. The van der Waals surface area contributed by atoms with Gasteiger partial charge in [0.1, 0.15) is 11.4 Å². The molecule has 2 aromatic rings. The summed E-state index contributed by atoms with van der Waals surface area (Å²) in [7, 11) is -3.77. The lowest BCUT2D eigenvalue weighted by Gasteiger charge is -2.37. The Bertz CT molecular complexity index is 1210. The van der Waals surface area contributed by atoms with Crippen LogP contribution in [0.15, 0.2) is 64.8 Å². The van der Waals surface area contributed by atoms with Gasteiger partial charge in [0, 0.05) is 29.4 Å². The molecular weight excluding hydrogens is 474 g/mol. The van der Waals surface area contributed by atoms with Crippen LogP contribution in [0.4, 0.5) is 0 Å². The Balaban J connectivity index is 1.76. The average Bonchev–Trinajstić information content (AvgIpc) is 3.18. The highest BCUT2D eigenvalue weighted by Crippen LogP contribution is 2.47. The first-order valence-electron chi connectivity index (χ1n) is 11.4. The van der Waals surface area contributed by atoms with Crippen molar-refractivity contribution in [2.45, 2.75) is 63.0 Å². The second-order valence-electron chi connectivity index (χ2n) is 10.0. The second kappa shape index (κ2) is 9.02. The predicted molar refractivity (Wildman–Crippen MR) is 131 cm³/mol. The Morgan fingerprint density at radius 1 is 1.09 bits per heavy atom. The number of esters is 1. The summed E-state index contributed by atoms with van der Waals surface area (Å²) >= 11 is 6.08. The molecule has 1 N–H and O–H groups in total. The molecule has 1 heterocycles. The molecule has 1 fully saturated rings. The average molecular weight is 504 g/mol. The van der Waals surface area contributed by atoms with E-state index in [2.05, 4.69) is 0 Å². The Labute approximate surface area is 206 Å². The van der Waals surface area contributed by atoms with Crippen LogP contribution in [0.3, 0.4) is 0 Å². The van der Waals surface area contributed by atoms with Crippen molar-refractivity contribution in [1.29, 1.82) is 0 Å². The van der Waals surface area contributed by atoms with E-state index in [0.717, 1.165) is 11.1 Å².